The Labute approximate surface area is 196 Å². The van der Waals surface area contributed by atoms with Gasteiger partial charge in [-0.3, -0.25) is 4.55 Å². The highest BCUT2D eigenvalue weighted by atomic mass is 32.2. The predicted octanol–water partition coefficient (Wildman–Crippen LogP) is 6.22. The largest absolute Gasteiger partial charge is 0.379 e. The zero-order chi connectivity index (χ0) is 24.7. The highest BCUT2D eigenvalue weighted by molar-refractivity contribution is 7.87. The van der Waals surface area contributed by atoms with Crippen molar-refractivity contribution in [1.29, 1.82) is 0 Å². The maximum atomic E-state index is 13.5. The summed E-state index contributed by atoms with van der Waals surface area (Å²) in [5.41, 5.74) is 2.54. The van der Waals surface area contributed by atoms with Gasteiger partial charge >= 0.3 is 10.1 Å². The molecule has 0 radical (unpaired) electrons. The van der Waals surface area contributed by atoms with Gasteiger partial charge in [0.25, 0.3) is 10.1 Å². The van der Waals surface area contributed by atoms with Crippen LogP contribution in [0.1, 0.15) is 76.0 Å². The van der Waals surface area contributed by atoms with E-state index in [2.05, 4.69) is 13.8 Å². The number of hydrogen-bond acceptors (Lipinski definition) is 5. The van der Waals surface area contributed by atoms with Gasteiger partial charge in [0.2, 0.25) is 0 Å². The molecule has 8 heteroatoms. The summed E-state index contributed by atoms with van der Waals surface area (Å²) in [7, 11) is -8.48. The molecule has 0 atom stereocenters. The summed E-state index contributed by atoms with van der Waals surface area (Å²) < 4.78 is 64.6. The molecule has 0 bridgehead atoms. The molecule has 3 rings (SSSR count). The topological polar surface area (TPSA) is 97.7 Å². The lowest BCUT2D eigenvalue weighted by Gasteiger charge is -2.22. The Bertz CT molecular complexity index is 1370. The Morgan fingerprint density at radius 3 is 1.70 bits per heavy atom. The van der Waals surface area contributed by atoms with Gasteiger partial charge in [0.05, 0.1) is 4.90 Å². The number of rotatable bonds is 7. The van der Waals surface area contributed by atoms with Crippen LogP contribution < -0.4 is 4.18 Å². The average molecular weight is 491 g/mol. The van der Waals surface area contributed by atoms with E-state index in [4.69, 9.17) is 4.18 Å². The summed E-state index contributed by atoms with van der Waals surface area (Å²) in [6.45, 7) is 12.0. The van der Waals surface area contributed by atoms with Crippen LogP contribution in [0, 0.1) is 0 Å². The molecule has 0 aliphatic rings. The van der Waals surface area contributed by atoms with E-state index in [0.29, 0.717) is 10.8 Å². The summed E-state index contributed by atoms with van der Waals surface area (Å²) in [5, 5.41) is 1.11. The van der Waals surface area contributed by atoms with Crippen LogP contribution in [-0.2, 0) is 20.2 Å². The number of benzene rings is 3. The fourth-order valence-electron chi connectivity index (χ4n) is 3.76. The average Bonchev–Trinajstić information content (AvgIpc) is 2.71. The van der Waals surface area contributed by atoms with Gasteiger partial charge < -0.3 is 4.18 Å². The van der Waals surface area contributed by atoms with Crippen LogP contribution in [0.3, 0.4) is 0 Å². The molecule has 0 spiro atoms. The zero-order valence-corrected chi connectivity index (χ0v) is 21.3. The van der Waals surface area contributed by atoms with Crippen LogP contribution in [0.5, 0.6) is 5.75 Å². The third-order valence-corrected chi connectivity index (χ3v) is 7.85. The maximum Gasteiger partial charge on any atom is 0.339 e. The second-order valence-electron chi connectivity index (χ2n) is 9.18. The van der Waals surface area contributed by atoms with E-state index in [0.717, 1.165) is 16.7 Å². The summed E-state index contributed by atoms with van der Waals surface area (Å²) in [5.74, 6) is 0.334. The summed E-state index contributed by atoms with van der Waals surface area (Å²) in [4.78, 5) is -0.0246. The van der Waals surface area contributed by atoms with Crippen molar-refractivity contribution < 1.29 is 25.6 Å². The van der Waals surface area contributed by atoms with E-state index >= 15 is 0 Å². The van der Waals surface area contributed by atoms with E-state index < -0.39 is 20.2 Å². The quantitative estimate of drug-likeness (QED) is 0.312. The highest BCUT2D eigenvalue weighted by Crippen LogP contribution is 2.36. The first kappa shape index (κ1) is 25.2. The SMILES string of the molecule is CC(C)c1cc(C(C)C)c(S(=O)(=O)Oc2ccc3cc(S(=O)(=O)O)ccc3c2)c(C(C)C)c1. The van der Waals surface area contributed by atoms with Gasteiger partial charge in [-0.2, -0.15) is 16.8 Å². The summed E-state index contributed by atoms with van der Waals surface area (Å²) in [6.07, 6.45) is 0. The lowest BCUT2D eigenvalue weighted by atomic mass is 9.89. The smallest absolute Gasteiger partial charge is 0.339 e. The van der Waals surface area contributed by atoms with Gasteiger partial charge in [-0.05, 0) is 69.5 Å². The highest BCUT2D eigenvalue weighted by Gasteiger charge is 2.28. The zero-order valence-electron chi connectivity index (χ0n) is 19.7. The van der Waals surface area contributed by atoms with E-state index in [9.17, 15) is 21.4 Å². The number of fused-ring (bicyclic) bond motifs is 1. The molecule has 0 saturated carbocycles. The molecule has 6 nitrogen and oxygen atoms in total. The second kappa shape index (κ2) is 9.08. The van der Waals surface area contributed by atoms with Crippen LogP contribution in [0.25, 0.3) is 10.8 Å². The Kier molecular flexibility index (Phi) is 6.94. The van der Waals surface area contributed by atoms with Crippen LogP contribution in [-0.4, -0.2) is 21.4 Å². The molecule has 0 heterocycles. The lowest BCUT2D eigenvalue weighted by molar-refractivity contribution is 0.481. The maximum absolute atomic E-state index is 13.5. The van der Waals surface area contributed by atoms with Crippen LogP contribution >= 0.6 is 0 Å². The monoisotopic (exact) mass is 490 g/mol. The lowest BCUT2D eigenvalue weighted by Crippen LogP contribution is -2.17. The van der Waals surface area contributed by atoms with Crippen molar-refractivity contribution in [2.24, 2.45) is 0 Å². The van der Waals surface area contributed by atoms with Crippen molar-refractivity contribution in [2.75, 3.05) is 0 Å². The molecule has 0 aliphatic heterocycles. The molecule has 178 valence electrons. The van der Waals surface area contributed by atoms with Crippen molar-refractivity contribution in [3.05, 3.63) is 65.2 Å². The minimum absolute atomic E-state index is 0.0231. The Morgan fingerprint density at radius 2 is 1.21 bits per heavy atom. The van der Waals surface area contributed by atoms with Crippen LogP contribution in [0.4, 0.5) is 0 Å². The molecule has 3 aromatic carbocycles. The molecule has 1 N–H and O–H groups in total. The van der Waals surface area contributed by atoms with E-state index in [1.54, 1.807) is 6.07 Å². The fraction of sp³-hybridized carbons (Fsp3) is 0.360. The van der Waals surface area contributed by atoms with Crippen LogP contribution in [0.15, 0.2) is 58.3 Å². The first-order valence-electron chi connectivity index (χ1n) is 10.8. The molecule has 0 saturated heterocycles. The molecule has 3 aromatic rings. The Hall–Kier alpha value is -2.42. The molecule has 0 aliphatic carbocycles. The first-order valence-corrected chi connectivity index (χ1v) is 13.7. The first-order chi connectivity index (χ1) is 15.2. The van der Waals surface area contributed by atoms with Gasteiger partial charge in [0, 0.05) is 0 Å². The van der Waals surface area contributed by atoms with Gasteiger partial charge in [-0.1, -0.05) is 65.8 Å². The van der Waals surface area contributed by atoms with Crippen molar-refractivity contribution in [1.82, 2.24) is 0 Å². The second-order valence-corrected chi connectivity index (χ2v) is 12.1. The minimum Gasteiger partial charge on any atom is -0.379 e. The normalized spacial score (nSPS) is 12.8. The minimum atomic E-state index is -4.33. The number of hydrogen-bond donors (Lipinski definition) is 1. The molecule has 0 aromatic heterocycles. The third-order valence-electron chi connectivity index (χ3n) is 5.62. The van der Waals surface area contributed by atoms with Gasteiger partial charge in [0.15, 0.2) is 0 Å². The molecule has 33 heavy (non-hydrogen) atoms. The van der Waals surface area contributed by atoms with Crippen molar-refractivity contribution in [3.63, 3.8) is 0 Å². The predicted molar refractivity (Wildman–Crippen MR) is 130 cm³/mol. The molecular formula is C25H30O6S2. The van der Waals surface area contributed by atoms with Gasteiger partial charge in [0.1, 0.15) is 10.6 Å². The molecule has 0 fully saturated rings. The summed E-state index contributed by atoms with van der Waals surface area (Å²) in [6, 6.07) is 12.5. The third kappa shape index (κ3) is 5.39. The van der Waals surface area contributed by atoms with Gasteiger partial charge in [-0.25, -0.2) is 0 Å². The Balaban J connectivity index is 2.12. The summed E-state index contributed by atoms with van der Waals surface area (Å²) >= 11 is 0. The molecule has 0 amide bonds. The van der Waals surface area contributed by atoms with Crippen molar-refractivity contribution in [2.45, 2.75) is 69.1 Å². The van der Waals surface area contributed by atoms with Crippen molar-refractivity contribution >= 4 is 31.0 Å². The molecule has 0 unspecified atom stereocenters. The van der Waals surface area contributed by atoms with Crippen LogP contribution in [0.2, 0.25) is 0 Å². The van der Waals surface area contributed by atoms with Crippen molar-refractivity contribution in [3.8, 4) is 5.75 Å². The molecular weight excluding hydrogens is 460 g/mol. The van der Waals surface area contributed by atoms with E-state index in [1.165, 1.54) is 30.3 Å². The van der Waals surface area contributed by atoms with E-state index in [1.807, 2.05) is 39.8 Å². The fourth-order valence-corrected chi connectivity index (χ4v) is 5.88. The Morgan fingerprint density at radius 1 is 0.697 bits per heavy atom. The standard InChI is InChI=1S/C25H30O6S2/c1-15(2)20-13-23(16(3)4)25(24(14-20)17(5)6)33(29,30)31-21-9-7-19-12-22(32(26,27)28)10-8-18(19)11-21/h7-17H,1-6H3,(H,26,27,28). The van der Waals surface area contributed by atoms with E-state index in [-0.39, 0.29) is 33.3 Å². The van der Waals surface area contributed by atoms with Gasteiger partial charge in [-0.15, -0.1) is 0 Å².